The second kappa shape index (κ2) is 7.56. The van der Waals surface area contributed by atoms with Crippen LogP contribution in [0.15, 0.2) is 25.3 Å². The van der Waals surface area contributed by atoms with Crippen LogP contribution in [0.25, 0.3) is 0 Å². The highest BCUT2D eigenvalue weighted by atomic mass is 19.4. The van der Waals surface area contributed by atoms with Crippen LogP contribution in [0.2, 0.25) is 0 Å². The molecule has 0 saturated heterocycles. The van der Waals surface area contributed by atoms with Crippen LogP contribution in [0.1, 0.15) is 12.8 Å². The Morgan fingerprint density at radius 1 is 0.826 bits per heavy atom. The minimum absolute atomic E-state index is 0.298. The van der Waals surface area contributed by atoms with E-state index in [9.17, 15) is 39.5 Å². The highest BCUT2D eigenvalue weighted by Gasteiger charge is 2.71. The Bertz CT molecular complexity index is 381. The Hall–Kier alpha value is -1.23. The summed E-state index contributed by atoms with van der Waals surface area (Å²) >= 11 is 0. The first-order valence-electron chi connectivity index (χ1n) is 5.90. The van der Waals surface area contributed by atoms with Gasteiger partial charge >= 0.3 is 18.5 Å². The van der Waals surface area contributed by atoms with E-state index in [4.69, 9.17) is 0 Å². The molecule has 0 radical (unpaired) electrons. The van der Waals surface area contributed by atoms with Crippen LogP contribution in [0.5, 0.6) is 0 Å². The number of rotatable bonds is 8. The minimum atomic E-state index is -5.94. The molecule has 0 spiro atoms. The molecule has 136 valence electrons. The molecule has 0 aromatic carbocycles. The van der Waals surface area contributed by atoms with Gasteiger partial charge in [0, 0.05) is 12.8 Å². The van der Waals surface area contributed by atoms with Gasteiger partial charge in [0.2, 0.25) is 0 Å². The predicted octanol–water partition coefficient (Wildman–Crippen LogP) is 4.92. The molecule has 0 bridgehead atoms. The molecule has 1 unspecified atom stereocenters. The largest absolute Gasteiger partial charge is 0.426 e. The molecule has 0 fully saturated rings. The van der Waals surface area contributed by atoms with E-state index in [0.717, 1.165) is 6.08 Å². The minimum Gasteiger partial charge on any atom is -0.342 e. The van der Waals surface area contributed by atoms with Gasteiger partial charge in [0.05, 0.1) is 0 Å². The zero-order chi connectivity index (χ0) is 18.5. The molecule has 0 N–H and O–H groups in total. The smallest absolute Gasteiger partial charge is 0.342 e. The Labute approximate surface area is 125 Å². The molecule has 0 rings (SSSR count). The van der Waals surface area contributed by atoms with Crippen molar-refractivity contribution in [2.75, 3.05) is 6.79 Å². The summed E-state index contributed by atoms with van der Waals surface area (Å²) in [5, 5.41) is 0. The first-order chi connectivity index (χ1) is 10.2. The first-order valence-corrected chi connectivity index (χ1v) is 5.90. The monoisotopic (exact) mass is 360 g/mol. The molecule has 0 amide bonds. The van der Waals surface area contributed by atoms with E-state index in [1.54, 1.807) is 0 Å². The van der Waals surface area contributed by atoms with E-state index in [1.165, 1.54) is 0 Å². The van der Waals surface area contributed by atoms with Gasteiger partial charge in [0.1, 0.15) is 6.79 Å². The number of alkyl halides is 9. The highest BCUT2D eigenvalue weighted by Crippen LogP contribution is 2.48. The average molecular weight is 360 g/mol. The van der Waals surface area contributed by atoms with Gasteiger partial charge in [-0.15, -0.1) is 13.2 Å². The number of hydrogen-bond acceptors (Lipinski definition) is 2. The van der Waals surface area contributed by atoms with Crippen LogP contribution in [0.3, 0.4) is 0 Å². The third-order valence-corrected chi connectivity index (χ3v) is 2.67. The first kappa shape index (κ1) is 21.8. The van der Waals surface area contributed by atoms with E-state index in [-0.39, 0.29) is 0 Å². The molecule has 0 saturated carbocycles. The standard InChI is InChI=1S/C12H13F9O2/c1-3-5-8(10(13,14)15)22-7-23-9(6-4-2,11(16,17)18)12(19,20)21/h3-4,8H,1-2,5-7H2. The van der Waals surface area contributed by atoms with Gasteiger partial charge in [-0.2, -0.15) is 39.5 Å². The van der Waals surface area contributed by atoms with E-state index in [0.29, 0.717) is 6.08 Å². The molecule has 0 heterocycles. The number of halogens is 9. The molecule has 1 atom stereocenters. The molecule has 0 aliphatic rings. The van der Waals surface area contributed by atoms with Crippen LogP contribution in [-0.4, -0.2) is 37.0 Å². The van der Waals surface area contributed by atoms with Gasteiger partial charge in [-0.25, -0.2) is 0 Å². The van der Waals surface area contributed by atoms with Gasteiger partial charge in [-0.1, -0.05) is 12.2 Å². The maximum atomic E-state index is 12.8. The second-order valence-electron chi connectivity index (χ2n) is 4.30. The topological polar surface area (TPSA) is 18.5 Å². The summed E-state index contributed by atoms with van der Waals surface area (Å²) in [6.45, 7) is 3.88. The highest BCUT2D eigenvalue weighted by molar-refractivity contribution is 5.00. The van der Waals surface area contributed by atoms with E-state index in [1.807, 2.05) is 0 Å². The molecule has 23 heavy (non-hydrogen) atoms. The summed E-state index contributed by atoms with van der Waals surface area (Å²) in [5.74, 6) is 0. The summed E-state index contributed by atoms with van der Waals surface area (Å²) in [6, 6.07) is 0. The summed E-state index contributed by atoms with van der Waals surface area (Å²) in [7, 11) is 0. The summed E-state index contributed by atoms with van der Waals surface area (Å²) < 4.78 is 122. The van der Waals surface area contributed by atoms with E-state index >= 15 is 0 Å². The van der Waals surface area contributed by atoms with Gasteiger partial charge in [-0.3, -0.25) is 0 Å². The van der Waals surface area contributed by atoms with Crippen molar-refractivity contribution in [1.82, 2.24) is 0 Å². The van der Waals surface area contributed by atoms with Crippen molar-refractivity contribution >= 4 is 0 Å². The zero-order valence-corrected chi connectivity index (χ0v) is 11.5. The molecule has 2 nitrogen and oxygen atoms in total. The Balaban J connectivity index is 5.27. The number of hydrogen-bond donors (Lipinski definition) is 0. The SMILES string of the molecule is C=CCC(OCOC(CC=C)(C(F)(F)F)C(F)(F)F)C(F)(F)F. The molecule has 0 aliphatic heterocycles. The Morgan fingerprint density at radius 3 is 1.61 bits per heavy atom. The lowest BCUT2D eigenvalue weighted by Crippen LogP contribution is -2.59. The van der Waals surface area contributed by atoms with Crippen LogP contribution in [-0.2, 0) is 9.47 Å². The quantitative estimate of drug-likeness (QED) is 0.347. The fourth-order valence-corrected chi connectivity index (χ4v) is 1.48. The lowest BCUT2D eigenvalue weighted by molar-refractivity contribution is -0.397. The van der Waals surface area contributed by atoms with Crippen molar-refractivity contribution in [2.24, 2.45) is 0 Å². The second-order valence-corrected chi connectivity index (χ2v) is 4.30. The molecule has 0 aromatic rings. The van der Waals surface area contributed by atoms with Gasteiger partial charge in [0.25, 0.3) is 5.60 Å². The van der Waals surface area contributed by atoms with Crippen LogP contribution in [0.4, 0.5) is 39.5 Å². The van der Waals surface area contributed by atoms with Gasteiger partial charge in [-0.05, 0) is 0 Å². The summed E-state index contributed by atoms with van der Waals surface area (Å²) in [6.07, 6.45) is -21.1. The Morgan fingerprint density at radius 2 is 1.30 bits per heavy atom. The summed E-state index contributed by atoms with van der Waals surface area (Å²) in [5.41, 5.74) is -4.70. The summed E-state index contributed by atoms with van der Waals surface area (Å²) in [4.78, 5) is 0. The zero-order valence-electron chi connectivity index (χ0n) is 11.5. The normalized spacial score (nSPS) is 15.3. The van der Waals surface area contributed by atoms with E-state index in [2.05, 4.69) is 22.6 Å². The van der Waals surface area contributed by atoms with Crippen molar-refractivity contribution in [1.29, 1.82) is 0 Å². The maximum absolute atomic E-state index is 12.8. The lowest BCUT2D eigenvalue weighted by Gasteiger charge is -2.36. The van der Waals surface area contributed by atoms with Crippen molar-refractivity contribution in [3.8, 4) is 0 Å². The Kier molecular flexibility index (Phi) is 7.16. The maximum Gasteiger partial charge on any atom is 0.426 e. The third kappa shape index (κ3) is 5.41. The van der Waals surface area contributed by atoms with Crippen molar-refractivity contribution < 1.29 is 49.0 Å². The van der Waals surface area contributed by atoms with Crippen LogP contribution < -0.4 is 0 Å². The average Bonchev–Trinajstić information content (AvgIpc) is 2.32. The van der Waals surface area contributed by atoms with Crippen molar-refractivity contribution in [3.05, 3.63) is 25.3 Å². The lowest BCUT2D eigenvalue weighted by atomic mass is 9.98. The number of ether oxygens (including phenoxy) is 2. The van der Waals surface area contributed by atoms with Crippen LogP contribution in [0, 0.1) is 0 Å². The van der Waals surface area contributed by atoms with Crippen molar-refractivity contribution in [2.45, 2.75) is 43.1 Å². The third-order valence-electron chi connectivity index (χ3n) is 2.67. The fraction of sp³-hybridized carbons (Fsp3) is 0.667. The molecule has 0 aliphatic carbocycles. The predicted molar refractivity (Wildman–Crippen MR) is 61.3 cm³/mol. The van der Waals surface area contributed by atoms with Crippen LogP contribution >= 0.6 is 0 Å². The van der Waals surface area contributed by atoms with E-state index < -0.39 is 49.9 Å². The van der Waals surface area contributed by atoms with Gasteiger partial charge < -0.3 is 9.47 Å². The molecule has 11 heteroatoms. The molecular weight excluding hydrogens is 347 g/mol. The fourth-order valence-electron chi connectivity index (χ4n) is 1.48. The molecular formula is C12H13F9O2. The van der Waals surface area contributed by atoms with Gasteiger partial charge in [0.15, 0.2) is 6.10 Å². The molecule has 0 aromatic heterocycles. The van der Waals surface area contributed by atoms with Crippen molar-refractivity contribution in [3.63, 3.8) is 0 Å².